The summed E-state index contributed by atoms with van der Waals surface area (Å²) in [4.78, 5) is 13.0. The van der Waals surface area contributed by atoms with Crippen molar-refractivity contribution in [1.82, 2.24) is 14.7 Å². The average Bonchev–Trinajstić information content (AvgIpc) is 2.44. The van der Waals surface area contributed by atoms with Gasteiger partial charge in [-0.05, 0) is 6.07 Å². The first-order valence-corrected chi connectivity index (χ1v) is 4.10. The van der Waals surface area contributed by atoms with Gasteiger partial charge in [0.2, 0.25) is 0 Å². The third kappa shape index (κ3) is 1.30. The fourth-order valence-electron chi connectivity index (χ4n) is 1.34. The first-order valence-electron chi connectivity index (χ1n) is 4.10. The number of carbonyl (C=O) groups excluding carboxylic acids is 1. The van der Waals surface area contributed by atoms with Crippen molar-refractivity contribution in [2.75, 3.05) is 13.1 Å². The Kier molecular flexibility index (Phi) is 1.79. The highest BCUT2D eigenvalue weighted by Gasteiger charge is 2.31. The van der Waals surface area contributed by atoms with Gasteiger partial charge < -0.3 is 4.90 Å². The quantitative estimate of drug-likeness (QED) is 0.624. The first kappa shape index (κ1) is 8.22. The van der Waals surface area contributed by atoms with Crippen LogP contribution in [0.2, 0.25) is 0 Å². The predicted octanol–water partition coefficient (Wildman–Crippen LogP) is 0.214. The van der Waals surface area contributed by atoms with Crippen molar-refractivity contribution in [3.8, 4) is 0 Å². The Morgan fingerprint density at radius 2 is 2.38 bits per heavy atom. The Morgan fingerprint density at radius 1 is 1.69 bits per heavy atom. The van der Waals surface area contributed by atoms with Crippen LogP contribution in [0.1, 0.15) is 10.5 Å². The van der Waals surface area contributed by atoms with Gasteiger partial charge in [-0.25, -0.2) is 4.39 Å². The first-order chi connectivity index (χ1) is 6.18. The zero-order valence-corrected chi connectivity index (χ0v) is 7.27. The summed E-state index contributed by atoms with van der Waals surface area (Å²) in [6.45, 7) is 0.425. The van der Waals surface area contributed by atoms with Crippen LogP contribution in [0.5, 0.6) is 0 Å². The molecule has 2 rings (SSSR count). The van der Waals surface area contributed by atoms with Gasteiger partial charge in [0.25, 0.3) is 5.91 Å². The highest BCUT2D eigenvalue weighted by molar-refractivity contribution is 5.93. The minimum absolute atomic E-state index is 0.145. The van der Waals surface area contributed by atoms with Gasteiger partial charge in [0.1, 0.15) is 11.9 Å². The summed E-state index contributed by atoms with van der Waals surface area (Å²) in [6, 6.07) is 1.63. The van der Waals surface area contributed by atoms with Crippen molar-refractivity contribution in [2.45, 2.75) is 6.17 Å². The van der Waals surface area contributed by atoms with Crippen LogP contribution in [-0.4, -0.2) is 39.8 Å². The van der Waals surface area contributed by atoms with E-state index < -0.39 is 6.17 Å². The number of aryl methyl sites for hydroxylation is 1. The molecular weight excluding hydrogens is 173 g/mol. The van der Waals surface area contributed by atoms with Gasteiger partial charge in [0.05, 0.1) is 13.1 Å². The van der Waals surface area contributed by atoms with E-state index in [1.807, 2.05) is 0 Å². The number of nitrogens with zero attached hydrogens (tertiary/aromatic N) is 3. The molecule has 0 N–H and O–H groups in total. The Labute approximate surface area is 74.9 Å². The summed E-state index contributed by atoms with van der Waals surface area (Å²) in [5, 5.41) is 3.87. The normalized spacial score (nSPS) is 17.2. The maximum atomic E-state index is 12.5. The zero-order valence-electron chi connectivity index (χ0n) is 7.27. The predicted molar refractivity (Wildman–Crippen MR) is 44.0 cm³/mol. The molecule has 5 heteroatoms. The van der Waals surface area contributed by atoms with Crippen LogP contribution in [0, 0.1) is 0 Å². The monoisotopic (exact) mass is 183 g/mol. The summed E-state index contributed by atoms with van der Waals surface area (Å²) < 4.78 is 13.9. The van der Waals surface area contributed by atoms with E-state index in [9.17, 15) is 9.18 Å². The lowest BCUT2D eigenvalue weighted by Crippen LogP contribution is -2.51. The van der Waals surface area contributed by atoms with Gasteiger partial charge in [-0.2, -0.15) is 5.10 Å². The van der Waals surface area contributed by atoms with Gasteiger partial charge >= 0.3 is 0 Å². The largest absolute Gasteiger partial charge is 0.331 e. The highest BCUT2D eigenvalue weighted by Crippen LogP contribution is 2.14. The van der Waals surface area contributed by atoms with Crippen molar-refractivity contribution in [2.24, 2.45) is 7.05 Å². The smallest absolute Gasteiger partial charge is 0.272 e. The minimum atomic E-state index is -0.850. The summed E-state index contributed by atoms with van der Waals surface area (Å²) in [6.07, 6.45) is 0.706. The fraction of sp³-hybridized carbons (Fsp3) is 0.500. The fourth-order valence-corrected chi connectivity index (χ4v) is 1.34. The average molecular weight is 183 g/mol. The molecule has 70 valence electrons. The summed E-state index contributed by atoms with van der Waals surface area (Å²) in [7, 11) is 1.69. The maximum Gasteiger partial charge on any atom is 0.272 e. The molecule has 13 heavy (non-hydrogen) atoms. The topological polar surface area (TPSA) is 38.1 Å². The standard InChI is InChI=1S/C8H10FN3O/c1-11-7(2-3-10-11)8(13)12-4-6(9)5-12/h2-3,6H,4-5H2,1H3. The van der Waals surface area contributed by atoms with Crippen molar-refractivity contribution < 1.29 is 9.18 Å². The van der Waals surface area contributed by atoms with Crippen LogP contribution in [0.15, 0.2) is 12.3 Å². The molecule has 0 spiro atoms. The van der Waals surface area contributed by atoms with E-state index in [2.05, 4.69) is 5.10 Å². The van der Waals surface area contributed by atoms with Gasteiger partial charge in [-0.1, -0.05) is 0 Å². The number of likely N-dealkylation sites (tertiary alicyclic amines) is 1. The molecule has 4 nitrogen and oxygen atoms in total. The number of hydrogen-bond acceptors (Lipinski definition) is 2. The maximum absolute atomic E-state index is 12.5. The van der Waals surface area contributed by atoms with Crippen LogP contribution in [-0.2, 0) is 7.05 Å². The van der Waals surface area contributed by atoms with E-state index in [4.69, 9.17) is 0 Å². The second-order valence-electron chi connectivity index (χ2n) is 3.15. The van der Waals surface area contributed by atoms with Crippen LogP contribution in [0.4, 0.5) is 4.39 Å². The molecule has 0 saturated carbocycles. The minimum Gasteiger partial charge on any atom is -0.331 e. The van der Waals surface area contributed by atoms with Gasteiger partial charge in [0.15, 0.2) is 0 Å². The van der Waals surface area contributed by atoms with Crippen LogP contribution in [0.3, 0.4) is 0 Å². The number of alkyl halides is 1. The molecule has 0 radical (unpaired) electrons. The third-order valence-electron chi connectivity index (χ3n) is 2.16. The molecule has 0 atom stereocenters. The molecular formula is C8H10FN3O. The second-order valence-corrected chi connectivity index (χ2v) is 3.15. The summed E-state index contributed by atoms with van der Waals surface area (Å²) in [5.74, 6) is -0.145. The molecule has 1 aliphatic rings. The Morgan fingerprint density at radius 3 is 2.85 bits per heavy atom. The molecule has 0 aliphatic carbocycles. The van der Waals surface area contributed by atoms with E-state index in [1.165, 1.54) is 9.58 Å². The molecule has 1 saturated heterocycles. The molecule has 1 aliphatic heterocycles. The lowest BCUT2D eigenvalue weighted by molar-refractivity contribution is 0.0390. The van der Waals surface area contributed by atoms with Crippen molar-refractivity contribution in [1.29, 1.82) is 0 Å². The van der Waals surface area contributed by atoms with Crippen molar-refractivity contribution in [3.05, 3.63) is 18.0 Å². The molecule has 0 bridgehead atoms. The second kappa shape index (κ2) is 2.83. The number of amides is 1. The molecule has 1 fully saturated rings. The molecule has 2 heterocycles. The lowest BCUT2D eigenvalue weighted by Gasteiger charge is -2.34. The molecule has 1 aromatic rings. The lowest BCUT2D eigenvalue weighted by atomic mass is 10.2. The van der Waals surface area contributed by atoms with Gasteiger partial charge in [-0.15, -0.1) is 0 Å². The van der Waals surface area contributed by atoms with Gasteiger partial charge in [0, 0.05) is 13.2 Å². The van der Waals surface area contributed by atoms with Crippen LogP contribution >= 0.6 is 0 Å². The third-order valence-corrected chi connectivity index (χ3v) is 2.16. The van der Waals surface area contributed by atoms with Crippen LogP contribution in [0.25, 0.3) is 0 Å². The number of halogens is 1. The Hall–Kier alpha value is -1.39. The van der Waals surface area contributed by atoms with E-state index >= 15 is 0 Å². The summed E-state index contributed by atoms with van der Waals surface area (Å²) in [5.41, 5.74) is 0.506. The highest BCUT2D eigenvalue weighted by atomic mass is 19.1. The van der Waals surface area contributed by atoms with Crippen molar-refractivity contribution in [3.63, 3.8) is 0 Å². The SMILES string of the molecule is Cn1nccc1C(=O)N1CC(F)C1. The Bertz CT molecular complexity index is 330. The van der Waals surface area contributed by atoms with E-state index in [-0.39, 0.29) is 19.0 Å². The summed E-state index contributed by atoms with van der Waals surface area (Å²) >= 11 is 0. The van der Waals surface area contributed by atoms with E-state index in [1.54, 1.807) is 19.3 Å². The van der Waals surface area contributed by atoms with E-state index in [0.29, 0.717) is 5.69 Å². The molecule has 0 aromatic carbocycles. The van der Waals surface area contributed by atoms with Crippen LogP contribution < -0.4 is 0 Å². The number of carbonyl (C=O) groups is 1. The number of rotatable bonds is 1. The molecule has 0 unspecified atom stereocenters. The molecule has 1 amide bonds. The number of aromatic nitrogens is 2. The van der Waals surface area contributed by atoms with Crippen molar-refractivity contribution >= 4 is 5.91 Å². The van der Waals surface area contributed by atoms with E-state index in [0.717, 1.165) is 0 Å². The molecule has 1 aromatic heterocycles. The zero-order chi connectivity index (χ0) is 9.42. The Balaban J connectivity index is 2.10. The number of hydrogen-bond donors (Lipinski definition) is 0. The van der Waals surface area contributed by atoms with Gasteiger partial charge in [-0.3, -0.25) is 9.48 Å².